The summed E-state index contributed by atoms with van der Waals surface area (Å²) < 4.78 is 5.66. The van der Waals surface area contributed by atoms with Gasteiger partial charge in [0, 0.05) is 35.9 Å². The minimum Gasteiger partial charge on any atom is -0.496 e. The standard InChI is InChI=1S/C24H28N4O2/c1-5-7-16-8-6-9-21(30-4)23(16)17-10-11-20-19(12-17)22(24(29)28-20)15(2)27-18(13-25)14-26-3/h6,8-14,28-29H,5,7,25H2,1-4H3. The Kier molecular flexibility index (Phi) is 6.57. The van der Waals surface area contributed by atoms with Crippen LogP contribution in [0.4, 0.5) is 0 Å². The number of ether oxygens (including phenoxy) is 1. The van der Waals surface area contributed by atoms with Gasteiger partial charge in [0.05, 0.1) is 24.1 Å². The normalized spacial score (nSPS) is 12.8. The number of methoxy groups -OCH3 is 1. The van der Waals surface area contributed by atoms with Crippen LogP contribution >= 0.6 is 0 Å². The summed E-state index contributed by atoms with van der Waals surface area (Å²) in [5, 5.41) is 11.5. The van der Waals surface area contributed by atoms with E-state index in [-0.39, 0.29) is 5.88 Å². The van der Waals surface area contributed by atoms with E-state index in [4.69, 9.17) is 10.5 Å². The number of aliphatic imine (C=N–C) groups is 2. The number of nitrogens with two attached hydrogens (primary N) is 1. The highest BCUT2D eigenvalue weighted by Gasteiger charge is 2.17. The Hall–Kier alpha value is -3.54. The zero-order chi connectivity index (χ0) is 21.7. The Morgan fingerprint density at radius 2 is 2.07 bits per heavy atom. The van der Waals surface area contributed by atoms with Crippen LogP contribution in [0.5, 0.6) is 11.6 Å². The monoisotopic (exact) mass is 404 g/mol. The second kappa shape index (κ2) is 9.31. The number of aryl methyl sites for hydroxylation is 1. The van der Waals surface area contributed by atoms with Gasteiger partial charge in [-0.2, -0.15) is 0 Å². The largest absolute Gasteiger partial charge is 0.496 e. The third kappa shape index (κ3) is 4.08. The molecule has 0 saturated heterocycles. The van der Waals surface area contributed by atoms with Gasteiger partial charge in [-0.1, -0.05) is 31.5 Å². The van der Waals surface area contributed by atoms with Gasteiger partial charge in [-0.25, -0.2) is 4.99 Å². The van der Waals surface area contributed by atoms with Crippen LogP contribution in [0.3, 0.4) is 0 Å². The molecule has 2 aromatic carbocycles. The summed E-state index contributed by atoms with van der Waals surface area (Å²) in [4.78, 5) is 11.5. The smallest absolute Gasteiger partial charge is 0.198 e. The van der Waals surface area contributed by atoms with E-state index >= 15 is 0 Å². The molecule has 6 nitrogen and oxygen atoms in total. The van der Waals surface area contributed by atoms with Crippen LogP contribution in [0.15, 0.2) is 58.3 Å². The van der Waals surface area contributed by atoms with Crippen molar-refractivity contribution in [2.75, 3.05) is 14.2 Å². The molecule has 0 unspecified atom stereocenters. The van der Waals surface area contributed by atoms with Gasteiger partial charge < -0.3 is 20.6 Å². The average molecular weight is 405 g/mol. The van der Waals surface area contributed by atoms with Gasteiger partial charge in [0.1, 0.15) is 5.75 Å². The van der Waals surface area contributed by atoms with Crippen molar-refractivity contribution in [3.05, 3.63) is 59.4 Å². The van der Waals surface area contributed by atoms with Gasteiger partial charge in [-0.05, 0) is 42.7 Å². The number of aromatic nitrogens is 1. The van der Waals surface area contributed by atoms with Gasteiger partial charge >= 0.3 is 0 Å². The molecule has 4 N–H and O–H groups in total. The minimum absolute atomic E-state index is 0.0713. The summed E-state index contributed by atoms with van der Waals surface area (Å²) in [7, 11) is 3.35. The maximum atomic E-state index is 10.6. The summed E-state index contributed by atoms with van der Waals surface area (Å²) in [6.45, 7) is 4.00. The first kappa shape index (κ1) is 21.2. The Bertz CT molecular complexity index is 1140. The van der Waals surface area contributed by atoms with Crippen LogP contribution in [0.25, 0.3) is 22.0 Å². The van der Waals surface area contributed by atoms with Gasteiger partial charge in [0.25, 0.3) is 0 Å². The Morgan fingerprint density at radius 3 is 2.73 bits per heavy atom. The van der Waals surface area contributed by atoms with Gasteiger partial charge in [-0.3, -0.25) is 4.99 Å². The molecule has 0 fully saturated rings. The lowest BCUT2D eigenvalue weighted by Crippen LogP contribution is -1.98. The van der Waals surface area contributed by atoms with Crippen molar-refractivity contribution >= 4 is 22.8 Å². The predicted molar refractivity (Wildman–Crippen MR) is 125 cm³/mol. The first-order chi connectivity index (χ1) is 14.5. The number of hydrogen-bond donors (Lipinski definition) is 3. The predicted octanol–water partition coefficient (Wildman–Crippen LogP) is 4.81. The quantitative estimate of drug-likeness (QED) is 0.493. The van der Waals surface area contributed by atoms with Crippen molar-refractivity contribution in [2.45, 2.75) is 26.7 Å². The fourth-order valence-corrected chi connectivity index (χ4v) is 3.74. The number of allylic oxidation sites excluding steroid dienone is 1. The van der Waals surface area contributed by atoms with Crippen molar-refractivity contribution in [1.82, 2.24) is 4.98 Å². The highest BCUT2D eigenvalue weighted by Crippen LogP contribution is 2.38. The topological polar surface area (TPSA) is 96.0 Å². The van der Waals surface area contributed by atoms with Crippen molar-refractivity contribution in [1.29, 1.82) is 0 Å². The minimum atomic E-state index is 0.0713. The Balaban J connectivity index is 2.22. The van der Waals surface area contributed by atoms with Crippen LogP contribution in [0.1, 0.15) is 31.4 Å². The molecule has 0 saturated carbocycles. The highest BCUT2D eigenvalue weighted by molar-refractivity contribution is 6.13. The molecule has 0 aliphatic heterocycles. The lowest BCUT2D eigenvalue weighted by molar-refractivity contribution is 0.416. The van der Waals surface area contributed by atoms with E-state index in [2.05, 4.69) is 34.0 Å². The fraction of sp³-hybridized carbons (Fsp3) is 0.250. The summed E-state index contributed by atoms with van der Waals surface area (Å²) in [6, 6.07) is 12.2. The van der Waals surface area contributed by atoms with E-state index in [0.717, 1.165) is 40.6 Å². The molecule has 0 bridgehead atoms. The van der Waals surface area contributed by atoms with E-state index in [1.807, 2.05) is 31.2 Å². The molecule has 0 amide bonds. The molecule has 1 aromatic heterocycles. The molecule has 0 spiro atoms. The number of hydrogen-bond acceptors (Lipinski definition) is 5. The number of aromatic amines is 1. The van der Waals surface area contributed by atoms with Crippen molar-refractivity contribution in [3.63, 3.8) is 0 Å². The van der Waals surface area contributed by atoms with Gasteiger partial charge in [0.15, 0.2) is 5.88 Å². The van der Waals surface area contributed by atoms with Crippen LogP contribution in [0, 0.1) is 0 Å². The number of nitrogens with zero attached hydrogens (tertiary/aromatic N) is 2. The molecule has 0 aliphatic rings. The van der Waals surface area contributed by atoms with Crippen molar-refractivity contribution < 1.29 is 9.84 Å². The first-order valence-electron chi connectivity index (χ1n) is 9.94. The number of rotatable bonds is 7. The fourth-order valence-electron chi connectivity index (χ4n) is 3.74. The Labute approximate surface area is 176 Å². The SMILES string of the molecule is CCCc1cccc(OC)c1-c1ccc2[nH]c(O)c(C(C)=NC(C=NC)=CN)c2c1. The van der Waals surface area contributed by atoms with E-state index in [1.165, 1.54) is 11.8 Å². The maximum Gasteiger partial charge on any atom is 0.198 e. The number of aromatic hydroxyl groups is 1. The number of H-pyrrole nitrogens is 1. The van der Waals surface area contributed by atoms with Gasteiger partial charge in [-0.15, -0.1) is 0 Å². The van der Waals surface area contributed by atoms with Gasteiger partial charge in [0.2, 0.25) is 0 Å². The van der Waals surface area contributed by atoms with E-state index in [1.54, 1.807) is 20.4 Å². The molecular formula is C24H28N4O2. The molecule has 3 rings (SSSR count). The molecule has 6 heteroatoms. The lowest BCUT2D eigenvalue weighted by Gasteiger charge is -2.14. The second-order valence-corrected chi connectivity index (χ2v) is 7.03. The molecule has 0 radical (unpaired) electrons. The molecule has 1 heterocycles. The van der Waals surface area contributed by atoms with Crippen molar-refractivity contribution in [3.8, 4) is 22.8 Å². The van der Waals surface area contributed by atoms with Crippen LogP contribution in [0.2, 0.25) is 0 Å². The number of benzene rings is 2. The summed E-state index contributed by atoms with van der Waals surface area (Å²) in [5.41, 5.74) is 11.6. The third-order valence-corrected chi connectivity index (χ3v) is 5.01. The molecule has 0 atom stereocenters. The van der Waals surface area contributed by atoms with Crippen LogP contribution < -0.4 is 10.5 Å². The van der Waals surface area contributed by atoms with E-state index in [9.17, 15) is 5.11 Å². The molecule has 0 aliphatic carbocycles. The highest BCUT2D eigenvalue weighted by atomic mass is 16.5. The molecule has 3 aromatic rings. The van der Waals surface area contributed by atoms with E-state index in [0.29, 0.717) is 17.0 Å². The zero-order valence-electron chi connectivity index (χ0n) is 17.9. The molecule has 156 valence electrons. The first-order valence-corrected chi connectivity index (χ1v) is 9.94. The lowest BCUT2D eigenvalue weighted by atomic mass is 9.94. The molecule has 30 heavy (non-hydrogen) atoms. The van der Waals surface area contributed by atoms with E-state index < -0.39 is 0 Å². The number of nitrogens with one attached hydrogen (secondary N) is 1. The average Bonchev–Trinajstić information content (AvgIpc) is 3.08. The molecular weight excluding hydrogens is 376 g/mol. The third-order valence-electron chi connectivity index (χ3n) is 5.01. The van der Waals surface area contributed by atoms with Crippen LogP contribution in [-0.4, -0.2) is 36.2 Å². The summed E-state index contributed by atoms with van der Waals surface area (Å²) in [5.74, 6) is 0.904. The maximum absolute atomic E-state index is 10.6. The van der Waals surface area contributed by atoms with Crippen molar-refractivity contribution in [2.24, 2.45) is 15.7 Å². The zero-order valence-corrected chi connectivity index (χ0v) is 17.9. The Morgan fingerprint density at radius 1 is 1.27 bits per heavy atom. The number of fused-ring (bicyclic) bond motifs is 1. The summed E-state index contributed by atoms with van der Waals surface area (Å²) in [6.07, 6.45) is 4.96. The van der Waals surface area contributed by atoms with Crippen LogP contribution in [-0.2, 0) is 6.42 Å². The summed E-state index contributed by atoms with van der Waals surface area (Å²) >= 11 is 0. The second-order valence-electron chi connectivity index (χ2n) is 7.03.